The second-order valence-electron chi connectivity index (χ2n) is 4.64. The lowest BCUT2D eigenvalue weighted by Gasteiger charge is -2.08. The molecule has 1 aromatic heterocycles. The van der Waals surface area contributed by atoms with Gasteiger partial charge in [0.1, 0.15) is 5.69 Å². The van der Waals surface area contributed by atoms with Gasteiger partial charge in [-0.1, -0.05) is 17.7 Å². The average molecular weight is 303 g/mol. The molecule has 0 saturated carbocycles. The van der Waals surface area contributed by atoms with Crippen LogP contribution in [0, 0.1) is 13.8 Å². The zero-order chi connectivity index (χ0) is 15.2. The molecule has 0 unspecified atom stereocenters. The minimum absolute atomic E-state index is 0.245. The van der Waals surface area contributed by atoms with Crippen LogP contribution < -0.4 is 10.9 Å². The van der Waals surface area contributed by atoms with Crippen LogP contribution in [0.3, 0.4) is 0 Å². The van der Waals surface area contributed by atoms with E-state index in [1.807, 2.05) is 32.0 Å². The standard InChI is InChI=1S/C15H17N3O2S/c1-10-5-6-11(2)13(8-10)21-9-14(19)17-18-15(20)12-4-3-7-16-12/h3-8,16H,9H2,1-2H3,(H,17,19)(H,18,20). The smallest absolute Gasteiger partial charge is 0.286 e. The molecule has 2 aromatic rings. The molecule has 110 valence electrons. The number of H-pyrrole nitrogens is 1. The number of nitrogens with one attached hydrogen (secondary N) is 3. The Balaban J connectivity index is 1.80. The molecule has 2 rings (SSSR count). The fourth-order valence-electron chi connectivity index (χ4n) is 1.71. The number of amides is 2. The summed E-state index contributed by atoms with van der Waals surface area (Å²) >= 11 is 1.45. The summed E-state index contributed by atoms with van der Waals surface area (Å²) in [5.74, 6) is -0.374. The minimum atomic E-state index is -0.370. The normalized spacial score (nSPS) is 10.2. The number of hydrogen-bond acceptors (Lipinski definition) is 3. The van der Waals surface area contributed by atoms with Crippen molar-refractivity contribution in [2.75, 3.05) is 5.75 Å². The molecule has 6 heteroatoms. The van der Waals surface area contributed by atoms with Gasteiger partial charge in [-0.15, -0.1) is 11.8 Å². The lowest BCUT2D eigenvalue weighted by Crippen LogP contribution is -2.42. The van der Waals surface area contributed by atoms with E-state index in [1.165, 1.54) is 11.8 Å². The van der Waals surface area contributed by atoms with Crippen molar-refractivity contribution in [2.45, 2.75) is 18.7 Å². The molecular formula is C15H17N3O2S. The highest BCUT2D eigenvalue weighted by atomic mass is 32.2. The molecule has 21 heavy (non-hydrogen) atoms. The minimum Gasteiger partial charge on any atom is -0.357 e. The Bertz CT molecular complexity index is 638. The Hall–Kier alpha value is -2.21. The highest BCUT2D eigenvalue weighted by Crippen LogP contribution is 2.23. The Kier molecular flexibility index (Phi) is 5.05. The third-order valence-electron chi connectivity index (χ3n) is 2.86. The van der Waals surface area contributed by atoms with E-state index in [9.17, 15) is 9.59 Å². The molecule has 0 aliphatic carbocycles. The number of hydrogen-bond donors (Lipinski definition) is 3. The Morgan fingerprint density at radius 3 is 2.71 bits per heavy atom. The molecule has 0 radical (unpaired) electrons. The van der Waals surface area contributed by atoms with Crippen LogP contribution in [0.25, 0.3) is 0 Å². The van der Waals surface area contributed by atoms with Gasteiger partial charge >= 0.3 is 0 Å². The summed E-state index contributed by atoms with van der Waals surface area (Å²) in [6.07, 6.45) is 1.65. The summed E-state index contributed by atoms with van der Waals surface area (Å²) in [5.41, 5.74) is 7.45. The van der Waals surface area contributed by atoms with Crippen molar-refractivity contribution in [1.82, 2.24) is 15.8 Å². The molecule has 0 spiro atoms. The summed E-state index contributed by atoms with van der Waals surface area (Å²) in [4.78, 5) is 27.2. The number of thioether (sulfide) groups is 1. The summed E-state index contributed by atoms with van der Waals surface area (Å²) in [7, 11) is 0. The molecule has 1 heterocycles. The third-order valence-corrected chi connectivity index (χ3v) is 4.02. The monoisotopic (exact) mass is 303 g/mol. The molecule has 0 aliphatic rings. The first-order valence-corrected chi connectivity index (χ1v) is 7.47. The van der Waals surface area contributed by atoms with Gasteiger partial charge in [0.15, 0.2) is 0 Å². The predicted molar refractivity (Wildman–Crippen MR) is 83.0 cm³/mol. The van der Waals surface area contributed by atoms with E-state index in [0.29, 0.717) is 5.69 Å². The van der Waals surface area contributed by atoms with Gasteiger partial charge in [-0.2, -0.15) is 0 Å². The Morgan fingerprint density at radius 1 is 1.19 bits per heavy atom. The average Bonchev–Trinajstić information content (AvgIpc) is 3.00. The molecular weight excluding hydrogens is 286 g/mol. The van der Waals surface area contributed by atoms with E-state index in [1.54, 1.807) is 18.3 Å². The number of aromatic amines is 1. The van der Waals surface area contributed by atoms with E-state index in [2.05, 4.69) is 15.8 Å². The third kappa shape index (κ3) is 4.39. The van der Waals surface area contributed by atoms with Gasteiger partial charge in [-0.25, -0.2) is 0 Å². The van der Waals surface area contributed by atoms with Crippen LogP contribution in [0.2, 0.25) is 0 Å². The fourth-order valence-corrected chi connectivity index (χ4v) is 2.63. The number of benzene rings is 1. The molecule has 0 aliphatic heterocycles. The number of aromatic nitrogens is 1. The van der Waals surface area contributed by atoms with Crippen molar-refractivity contribution in [3.8, 4) is 0 Å². The number of carbonyl (C=O) groups is 2. The van der Waals surface area contributed by atoms with Gasteiger partial charge in [-0.05, 0) is 37.6 Å². The number of carbonyl (C=O) groups excluding carboxylic acids is 2. The van der Waals surface area contributed by atoms with Crippen molar-refractivity contribution in [1.29, 1.82) is 0 Å². The van der Waals surface area contributed by atoms with Crippen LogP contribution in [0.15, 0.2) is 41.4 Å². The Labute approximate surface area is 127 Å². The first kappa shape index (κ1) is 15.2. The Morgan fingerprint density at radius 2 is 2.00 bits per heavy atom. The van der Waals surface area contributed by atoms with Gasteiger partial charge < -0.3 is 4.98 Å². The zero-order valence-corrected chi connectivity index (χ0v) is 12.7. The number of rotatable bonds is 4. The van der Waals surface area contributed by atoms with E-state index in [0.717, 1.165) is 16.0 Å². The van der Waals surface area contributed by atoms with Crippen molar-refractivity contribution in [3.63, 3.8) is 0 Å². The van der Waals surface area contributed by atoms with Gasteiger partial charge in [-0.3, -0.25) is 20.4 Å². The zero-order valence-electron chi connectivity index (χ0n) is 11.9. The lowest BCUT2D eigenvalue weighted by atomic mass is 10.2. The maximum absolute atomic E-state index is 11.7. The second-order valence-corrected chi connectivity index (χ2v) is 5.66. The van der Waals surface area contributed by atoms with Crippen molar-refractivity contribution in [3.05, 3.63) is 53.3 Å². The van der Waals surface area contributed by atoms with Crippen LogP contribution in [-0.2, 0) is 4.79 Å². The fraction of sp³-hybridized carbons (Fsp3) is 0.200. The first-order valence-electron chi connectivity index (χ1n) is 6.49. The van der Waals surface area contributed by atoms with E-state index in [4.69, 9.17) is 0 Å². The molecule has 2 amide bonds. The maximum atomic E-state index is 11.7. The molecule has 0 bridgehead atoms. The quantitative estimate of drug-likeness (QED) is 0.599. The van der Waals surface area contributed by atoms with Crippen LogP contribution in [0.1, 0.15) is 21.6 Å². The molecule has 0 atom stereocenters. The molecule has 1 aromatic carbocycles. The highest BCUT2D eigenvalue weighted by Gasteiger charge is 2.08. The molecule has 5 nitrogen and oxygen atoms in total. The molecule has 0 fully saturated rings. The van der Waals surface area contributed by atoms with Gasteiger partial charge in [0.25, 0.3) is 5.91 Å². The summed E-state index contributed by atoms with van der Waals surface area (Å²) < 4.78 is 0. The second kappa shape index (κ2) is 6.99. The van der Waals surface area contributed by atoms with E-state index < -0.39 is 0 Å². The lowest BCUT2D eigenvalue weighted by molar-refractivity contribution is -0.119. The topological polar surface area (TPSA) is 74.0 Å². The van der Waals surface area contributed by atoms with Gasteiger partial charge in [0.2, 0.25) is 5.91 Å². The summed E-state index contributed by atoms with van der Waals surface area (Å²) in [6, 6.07) is 9.46. The first-order chi connectivity index (χ1) is 10.1. The van der Waals surface area contributed by atoms with Crippen molar-refractivity contribution >= 4 is 23.6 Å². The number of aryl methyl sites for hydroxylation is 2. The van der Waals surface area contributed by atoms with Gasteiger partial charge in [0, 0.05) is 11.1 Å². The SMILES string of the molecule is Cc1ccc(C)c(SCC(=O)NNC(=O)c2ccc[nH]2)c1. The van der Waals surface area contributed by atoms with Crippen LogP contribution in [0.5, 0.6) is 0 Å². The largest absolute Gasteiger partial charge is 0.357 e. The number of hydrazine groups is 1. The van der Waals surface area contributed by atoms with E-state index in [-0.39, 0.29) is 17.6 Å². The van der Waals surface area contributed by atoms with Crippen LogP contribution >= 0.6 is 11.8 Å². The van der Waals surface area contributed by atoms with Crippen molar-refractivity contribution in [2.24, 2.45) is 0 Å². The summed E-state index contributed by atoms with van der Waals surface area (Å²) in [5, 5.41) is 0. The predicted octanol–water partition coefficient (Wildman–Crippen LogP) is 2.18. The van der Waals surface area contributed by atoms with Crippen molar-refractivity contribution < 1.29 is 9.59 Å². The van der Waals surface area contributed by atoms with Crippen LogP contribution in [0.4, 0.5) is 0 Å². The maximum Gasteiger partial charge on any atom is 0.286 e. The van der Waals surface area contributed by atoms with Crippen LogP contribution in [-0.4, -0.2) is 22.6 Å². The van der Waals surface area contributed by atoms with E-state index >= 15 is 0 Å². The molecule has 3 N–H and O–H groups in total. The molecule has 0 saturated heterocycles. The van der Waals surface area contributed by atoms with Gasteiger partial charge in [0.05, 0.1) is 5.75 Å². The summed E-state index contributed by atoms with van der Waals surface area (Å²) in [6.45, 7) is 4.02. The highest BCUT2D eigenvalue weighted by molar-refractivity contribution is 8.00.